The van der Waals surface area contributed by atoms with Crippen LogP contribution in [0.4, 0.5) is 5.69 Å². The first-order valence-electron chi connectivity index (χ1n) is 9.68. The summed E-state index contributed by atoms with van der Waals surface area (Å²) in [5, 5.41) is 9.58. The minimum Gasteiger partial charge on any atom is -0.325 e. The predicted molar refractivity (Wildman–Crippen MR) is 118 cm³/mol. The minimum atomic E-state index is -0.121. The summed E-state index contributed by atoms with van der Waals surface area (Å²) in [6.45, 7) is 2.19. The number of rotatable bonds is 4. The molecule has 0 aliphatic carbocycles. The molecule has 0 saturated carbocycles. The van der Waals surface area contributed by atoms with E-state index in [1.54, 1.807) is 12.4 Å². The van der Waals surface area contributed by atoms with E-state index in [4.69, 9.17) is 5.10 Å². The van der Waals surface area contributed by atoms with Crippen molar-refractivity contribution in [2.75, 3.05) is 5.32 Å². The van der Waals surface area contributed by atoms with Crippen molar-refractivity contribution in [2.24, 2.45) is 0 Å². The zero-order valence-electron chi connectivity index (χ0n) is 16.4. The van der Waals surface area contributed by atoms with E-state index in [0.29, 0.717) is 12.2 Å². The molecular formula is C24H19N5O. The predicted octanol–water partition coefficient (Wildman–Crippen LogP) is 4.65. The molecule has 0 aliphatic heterocycles. The van der Waals surface area contributed by atoms with Crippen molar-refractivity contribution in [3.8, 4) is 11.1 Å². The summed E-state index contributed by atoms with van der Waals surface area (Å²) in [5.41, 5.74) is 5.58. The summed E-state index contributed by atoms with van der Waals surface area (Å²) in [6.07, 6.45) is 7.32. The number of anilines is 1. The molecule has 5 aromatic rings. The van der Waals surface area contributed by atoms with Crippen LogP contribution in [0.25, 0.3) is 32.9 Å². The molecule has 0 atom stereocenters. The van der Waals surface area contributed by atoms with E-state index >= 15 is 0 Å². The summed E-state index contributed by atoms with van der Waals surface area (Å²) in [4.78, 5) is 20.2. The number of nitrogens with zero attached hydrogens (tertiary/aromatic N) is 4. The number of benzene rings is 2. The molecule has 3 heterocycles. The number of carbonyl (C=O) groups excluding carboxylic acids is 1. The summed E-state index contributed by atoms with van der Waals surface area (Å²) >= 11 is 0. The number of carbonyl (C=O) groups is 1. The van der Waals surface area contributed by atoms with Crippen LogP contribution in [0.2, 0.25) is 0 Å². The van der Waals surface area contributed by atoms with Crippen LogP contribution >= 0.6 is 0 Å². The number of hydrogen-bond acceptors (Lipinski definition) is 4. The van der Waals surface area contributed by atoms with Gasteiger partial charge in [0.15, 0.2) is 0 Å². The number of aromatic nitrogens is 4. The van der Waals surface area contributed by atoms with Crippen molar-refractivity contribution in [1.29, 1.82) is 0 Å². The van der Waals surface area contributed by atoms with Crippen molar-refractivity contribution in [3.63, 3.8) is 0 Å². The second-order valence-electron chi connectivity index (χ2n) is 7.24. The van der Waals surface area contributed by atoms with Gasteiger partial charge in [-0.15, -0.1) is 0 Å². The second kappa shape index (κ2) is 7.40. The molecule has 5 rings (SSSR count). The first kappa shape index (κ1) is 18.0. The standard InChI is InChI=1S/C24H19N5O/c1-16(30)27-20-9-19(11-25-12-20)18-7-8-23-21(10-18)22-15-29(28-24(22)13-26-23)14-17-5-3-2-4-6-17/h2-13,15H,14H2,1H3,(H,27,30). The van der Waals surface area contributed by atoms with Gasteiger partial charge in [-0.05, 0) is 29.3 Å². The van der Waals surface area contributed by atoms with Crippen molar-refractivity contribution in [1.82, 2.24) is 19.7 Å². The number of nitrogens with one attached hydrogen (secondary N) is 1. The monoisotopic (exact) mass is 393 g/mol. The summed E-state index contributed by atoms with van der Waals surface area (Å²) in [5.74, 6) is -0.121. The molecule has 2 aromatic carbocycles. The highest BCUT2D eigenvalue weighted by Crippen LogP contribution is 2.29. The molecule has 0 bridgehead atoms. The number of amides is 1. The molecule has 1 N–H and O–H groups in total. The lowest BCUT2D eigenvalue weighted by Gasteiger charge is -2.07. The van der Waals surface area contributed by atoms with Gasteiger partial charge in [0.1, 0.15) is 5.52 Å². The van der Waals surface area contributed by atoms with Gasteiger partial charge in [-0.2, -0.15) is 5.10 Å². The average molecular weight is 393 g/mol. The zero-order chi connectivity index (χ0) is 20.5. The van der Waals surface area contributed by atoms with E-state index in [1.165, 1.54) is 12.5 Å². The van der Waals surface area contributed by atoms with Gasteiger partial charge in [-0.1, -0.05) is 36.4 Å². The molecule has 1 amide bonds. The maximum Gasteiger partial charge on any atom is 0.221 e. The van der Waals surface area contributed by atoms with Gasteiger partial charge in [-0.25, -0.2) is 0 Å². The van der Waals surface area contributed by atoms with Crippen LogP contribution in [0.1, 0.15) is 12.5 Å². The van der Waals surface area contributed by atoms with E-state index in [0.717, 1.165) is 32.9 Å². The Labute approximate surface area is 173 Å². The Hall–Kier alpha value is -4.06. The van der Waals surface area contributed by atoms with Crippen LogP contribution in [0.5, 0.6) is 0 Å². The SMILES string of the molecule is CC(=O)Nc1cncc(-c2ccc3ncc4nn(Cc5ccccc5)cc4c3c2)c1. The summed E-state index contributed by atoms with van der Waals surface area (Å²) < 4.78 is 1.95. The molecule has 0 aliphatic rings. The van der Waals surface area contributed by atoms with E-state index in [2.05, 4.69) is 39.7 Å². The molecule has 0 unspecified atom stereocenters. The van der Waals surface area contributed by atoms with Crippen LogP contribution in [0.15, 0.2) is 79.4 Å². The Morgan fingerprint density at radius 2 is 1.80 bits per heavy atom. The lowest BCUT2D eigenvalue weighted by Crippen LogP contribution is -2.05. The third-order valence-corrected chi connectivity index (χ3v) is 4.98. The Kier molecular flexibility index (Phi) is 4.44. The highest BCUT2D eigenvalue weighted by Gasteiger charge is 2.09. The highest BCUT2D eigenvalue weighted by atomic mass is 16.1. The topological polar surface area (TPSA) is 72.7 Å². The number of pyridine rings is 2. The Morgan fingerprint density at radius 1 is 0.933 bits per heavy atom. The first-order valence-corrected chi connectivity index (χ1v) is 9.68. The molecule has 0 radical (unpaired) electrons. The molecule has 146 valence electrons. The van der Waals surface area contributed by atoms with Gasteiger partial charge < -0.3 is 5.32 Å². The maximum absolute atomic E-state index is 11.4. The fraction of sp³-hybridized carbons (Fsp3) is 0.0833. The molecule has 0 fully saturated rings. The smallest absolute Gasteiger partial charge is 0.221 e. The van der Waals surface area contributed by atoms with Crippen LogP contribution in [0, 0.1) is 0 Å². The molecule has 0 saturated heterocycles. The lowest BCUT2D eigenvalue weighted by atomic mass is 10.0. The molecule has 6 heteroatoms. The van der Waals surface area contributed by atoms with Gasteiger partial charge in [0.2, 0.25) is 5.91 Å². The Morgan fingerprint density at radius 3 is 2.63 bits per heavy atom. The Bertz CT molecular complexity index is 1370. The van der Waals surface area contributed by atoms with Crippen LogP contribution in [0.3, 0.4) is 0 Å². The first-order chi connectivity index (χ1) is 14.7. The fourth-order valence-electron chi connectivity index (χ4n) is 3.63. The molecule has 0 spiro atoms. The van der Waals surface area contributed by atoms with Crippen molar-refractivity contribution < 1.29 is 4.79 Å². The van der Waals surface area contributed by atoms with Crippen LogP contribution < -0.4 is 5.32 Å². The van der Waals surface area contributed by atoms with Gasteiger partial charge in [-0.3, -0.25) is 19.4 Å². The second-order valence-corrected chi connectivity index (χ2v) is 7.24. The minimum absolute atomic E-state index is 0.121. The van der Waals surface area contributed by atoms with E-state index in [-0.39, 0.29) is 5.91 Å². The zero-order valence-corrected chi connectivity index (χ0v) is 16.4. The average Bonchev–Trinajstić information content (AvgIpc) is 3.17. The molecule has 3 aromatic heterocycles. The maximum atomic E-state index is 11.4. The van der Waals surface area contributed by atoms with Crippen LogP contribution in [-0.2, 0) is 11.3 Å². The quantitative estimate of drug-likeness (QED) is 0.482. The van der Waals surface area contributed by atoms with E-state index in [9.17, 15) is 4.79 Å². The fourth-order valence-corrected chi connectivity index (χ4v) is 3.63. The van der Waals surface area contributed by atoms with E-state index < -0.39 is 0 Å². The third kappa shape index (κ3) is 3.51. The summed E-state index contributed by atoms with van der Waals surface area (Å²) in [6, 6.07) is 18.3. The van der Waals surface area contributed by atoms with Crippen molar-refractivity contribution in [2.45, 2.75) is 13.5 Å². The van der Waals surface area contributed by atoms with Gasteiger partial charge in [0.05, 0.1) is 30.1 Å². The third-order valence-electron chi connectivity index (χ3n) is 4.98. The number of hydrogen-bond donors (Lipinski definition) is 1. The molecule has 30 heavy (non-hydrogen) atoms. The largest absolute Gasteiger partial charge is 0.325 e. The van der Waals surface area contributed by atoms with Crippen molar-refractivity contribution in [3.05, 3.63) is 84.9 Å². The Balaban J connectivity index is 1.57. The van der Waals surface area contributed by atoms with Gasteiger partial charge in [0.25, 0.3) is 0 Å². The van der Waals surface area contributed by atoms with Gasteiger partial charge >= 0.3 is 0 Å². The molecule has 6 nitrogen and oxygen atoms in total. The lowest BCUT2D eigenvalue weighted by molar-refractivity contribution is -0.114. The summed E-state index contributed by atoms with van der Waals surface area (Å²) in [7, 11) is 0. The van der Waals surface area contributed by atoms with Gasteiger partial charge in [0, 0.05) is 35.7 Å². The molecular weight excluding hydrogens is 374 g/mol. The van der Waals surface area contributed by atoms with Crippen molar-refractivity contribution >= 4 is 33.4 Å². The highest BCUT2D eigenvalue weighted by molar-refractivity contribution is 6.05. The normalized spacial score (nSPS) is 11.1. The van der Waals surface area contributed by atoms with E-state index in [1.807, 2.05) is 47.3 Å². The van der Waals surface area contributed by atoms with Crippen LogP contribution in [-0.4, -0.2) is 25.7 Å². The number of fused-ring (bicyclic) bond motifs is 3.